The van der Waals surface area contributed by atoms with E-state index < -0.39 is 10.0 Å². The number of nitrogens with zero attached hydrogens (tertiary/aromatic N) is 4. The van der Waals surface area contributed by atoms with Gasteiger partial charge in [0.2, 0.25) is 15.9 Å². The third-order valence-electron chi connectivity index (χ3n) is 5.89. The van der Waals surface area contributed by atoms with Gasteiger partial charge in [-0.15, -0.1) is 0 Å². The number of nitrogens with one attached hydrogen (secondary N) is 1. The van der Waals surface area contributed by atoms with Crippen LogP contribution in [0.1, 0.15) is 25.1 Å². The topological polar surface area (TPSA) is 87.5 Å². The molecule has 4 rings (SSSR count). The van der Waals surface area contributed by atoms with Crippen molar-refractivity contribution in [1.29, 1.82) is 0 Å². The standard InChI is InChI=1S/C24H28FN5O3S/c1-4-29(5-2)34(32,33)21-10-11-22-18(15-21)12-13-28(22)16-24(31)26-23-14-17(3)27-30(23)20-8-6-19(25)7-9-20/h6-11,14-15H,4-5,12-13,16H2,1-3H3,(H,26,31). The highest BCUT2D eigenvalue weighted by atomic mass is 32.2. The number of amides is 1. The lowest BCUT2D eigenvalue weighted by atomic mass is 10.2. The number of halogens is 1. The SMILES string of the molecule is CCN(CC)S(=O)(=O)c1ccc2c(c1)CCN2CC(=O)Nc1cc(C)nn1-c1ccc(F)cc1. The van der Waals surface area contributed by atoms with Gasteiger partial charge in [0.05, 0.1) is 22.8 Å². The molecular formula is C24H28FN5O3S. The molecular weight excluding hydrogens is 457 g/mol. The van der Waals surface area contributed by atoms with Crippen LogP contribution in [0, 0.1) is 12.7 Å². The molecule has 0 saturated heterocycles. The van der Waals surface area contributed by atoms with E-state index in [1.807, 2.05) is 25.7 Å². The molecule has 0 radical (unpaired) electrons. The third kappa shape index (κ3) is 4.69. The highest BCUT2D eigenvalue weighted by molar-refractivity contribution is 7.89. The van der Waals surface area contributed by atoms with Gasteiger partial charge in [0, 0.05) is 31.4 Å². The Kier molecular flexibility index (Phi) is 6.72. The van der Waals surface area contributed by atoms with Gasteiger partial charge < -0.3 is 10.2 Å². The number of rotatable bonds is 8. The monoisotopic (exact) mass is 485 g/mol. The van der Waals surface area contributed by atoms with Crippen molar-refractivity contribution in [2.24, 2.45) is 0 Å². The van der Waals surface area contributed by atoms with Crippen molar-refractivity contribution in [3.8, 4) is 5.69 Å². The van der Waals surface area contributed by atoms with Gasteiger partial charge in [0.15, 0.2) is 0 Å². The summed E-state index contributed by atoms with van der Waals surface area (Å²) in [4.78, 5) is 15.1. The van der Waals surface area contributed by atoms with E-state index in [0.717, 1.165) is 11.3 Å². The number of carbonyl (C=O) groups excluding carboxylic acids is 1. The summed E-state index contributed by atoms with van der Waals surface area (Å²) in [5.74, 6) is -0.0795. The minimum Gasteiger partial charge on any atom is -0.362 e. The molecule has 3 aromatic rings. The van der Waals surface area contributed by atoms with Crippen LogP contribution in [0.25, 0.3) is 5.69 Å². The Balaban J connectivity index is 1.49. The van der Waals surface area contributed by atoms with Crippen LogP contribution in [-0.2, 0) is 21.2 Å². The number of hydrogen-bond acceptors (Lipinski definition) is 5. The zero-order valence-electron chi connectivity index (χ0n) is 19.5. The highest BCUT2D eigenvalue weighted by Gasteiger charge is 2.27. The van der Waals surface area contributed by atoms with Crippen molar-refractivity contribution in [3.63, 3.8) is 0 Å². The number of hydrogen-bond donors (Lipinski definition) is 1. The maximum atomic E-state index is 13.3. The first kappa shape index (κ1) is 23.9. The minimum absolute atomic E-state index is 0.114. The molecule has 1 N–H and O–H groups in total. The largest absolute Gasteiger partial charge is 0.362 e. The fourth-order valence-electron chi connectivity index (χ4n) is 4.21. The van der Waals surface area contributed by atoms with Crippen molar-refractivity contribution >= 4 is 27.4 Å². The smallest absolute Gasteiger partial charge is 0.245 e. The molecule has 0 atom stereocenters. The zero-order chi connectivity index (χ0) is 24.5. The molecule has 180 valence electrons. The van der Waals surface area contributed by atoms with E-state index in [1.54, 1.807) is 41.1 Å². The number of carbonyl (C=O) groups is 1. The lowest BCUT2D eigenvalue weighted by Crippen LogP contribution is -2.32. The van der Waals surface area contributed by atoms with Crippen molar-refractivity contribution in [2.45, 2.75) is 32.1 Å². The number of aromatic nitrogens is 2. The van der Waals surface area contributed by atoms with Gasteiger partial charge in [-0.2, -0.15) is 9.40 Å². The summed E-state index contributed by atoms with van der Waals surface area (Å²) in [6.45, 7) is 7.01. The molecule has 0 saturated carbocycles. The molecule has 2 aromatic carbocycles. The lowest BCUT2D eigenvalue weighted by Gasteiger charge is -2.21. The van der Waals surface area contributed by atoms with Crippen molar-refractivity contribution < 1.29 is 17.6 Å². The fraction of sp³-hybridized carbons (Fsp3) is 0.333. The fourth-order valence-corrected chi connectivity index (χ4v) is 5.72. The Morgan fingerprint density at radius 3 is 2.50 bits per heavy atom. The maximum absolute atomic E-state index is 13.3. The van der Waals surface area contributed by atoms with Crippen LogP contribution in [0.15, 0.2) is 53.4 Å². The van der Waals surface area contributed by atoms with Gasteiger partial charge in [0.1, 0.15) is 11.6 Å². The van der Waals surface area contributed by atoms with Crippen molar-refractivity contribution in [3.05, 3.63) is 65.6 Å². The molecule has 2 heterocycles. The summed E-state index contributed by atoms with van der Waals surface area (Å²) >= 11 is 0. The number of fused-ring (bicyclic) bond motifs is 1. The Hall–Kier alpha value is -3.24. The molecule has 1 amide bonds. The molecule has 1 aliphatic heterocycles. The molecule has 8 nitrogen and oxygen atoms in total. The highest BCUT2D eigenvalue weighted by Crippen LogP contribution is 2.31. The molecule has 10 heteroatoms. The summed E-state index contributed by atoms with van der Waals surface area (Å²) in [6, 6.07) is 12.7. The third-order valence-corrected chi connectivity index (χ3v) is 7.94. The molecule has 0 aliphatic carbocycles. The lowest BCUT2D eigenvalue weighted by molar-refractivity contribution is -0.115. The quantitative estimate of drug-likeness (QED) is 0.529. The molecule has 1 aliphatic rings. The summed E-state index contributed by atoms with van der Waals surface area (Å²) < 4.78 is 42.0. The van der Waals surface area contributed by atoms with Crippen LogP contribution in [0.2, 0.25) is 0 Å². The second-order valence-corrected chi connectivity index (χ2v) is 10.1. The van der Waals surface area contributed by atoms with Crippen LogP contribution >= 0.6 is 0 Å². The molecule has 1 aromatic heterocycles. The predicted molar refractivity (Wildman–Crippen MR) is 129 cm³/mol. The van der Waals surface area contributed by atoms with E-state index in [4.69, 9.17) is 0 Å². The first-order chi connectivity index (χ1) is 16.2. The van der Waals surface area contributed by atoms with Gasteiger partial charge in [-0.3, -0.25) is 4.79 Å². The van der Waals surface area contributed by atoms with Gasteiger partial charge in [0.25, 0.3) is 0 Å². The van der Waals surface area contributed by atoms with Crippen LogP contribution in [0.5, 0.6) is 0 Å². The van der Waals surface area contributed by atoms with Crippen LogP contribution in [0.3, 0.4) is 0 Å². The van der Waals surface area contributed by atoms with Crippen molar-refractivity contribution in [2.75, 3.05) is 36.4 Å². The summed E-state index contributed by atoms with van der Waals surface area (Å²) in [6.07, 6.45) is 0.664. The normalized spacial score (nSPS) is 13.4. The van der Waals surface area contributed by atoms with Gasteiger partial charge in [-0.1, -0.05) is 13.8 Å². The van der Waals surface area contributed by atoms with Gasteiger partial charge in [-0.05, 0) is 61.4 Å². The molecule has 0 spiro atoms. The maximum Gasteiger partial charge on any atom is 0.245 e. The molecule has 34 heavy (non-hydrogen) atoms. The number of anilines is 2. The Bertz CT molecular complexity index is 1300. The Morgan fingerprint density at radius 1 is 1.12 bits per heavy atom. The summed E-state index contributed by atoms with van der Waals surface area (Å²) in [5.41, 5.74) is 3.12. The zero-order valence-corrected chi connectivity index (χ0v) is 20.3. The number of aryl methyl sites for hydroxylation is 1. The summed E-state index contributed by atoms with van der Waals surface area (Å²) in [5, 5.41) is 7.29. The molecule has 0 bridgehead atoms. The Morgan fingerprint density at radius 2 is 1.82 bits per heavy atom. The van der Waals surface area contributed by atoms with E-state index in [0.29, 0.717) is 43.3 Å². The van der Waals surface area contributed by atoms with Crippen LogP contribution in [-0.4, -0.2) is 54.6 Å². The summed E-state index contributed by atoms with van der Waals surface area (Å²) in [7, 11) is -3.53. The Labute approximate surface area is 199 Å². The average Bonchev–Trinajstić information content (AvgIpc) is 3.37. The van der Waals surface area contributed by atoms with Crippen LogP contribution in [0.4, 0.5) is 15.9 Å². The number of sulfonamides is 1. The molecule has 0 unspecified atom stereocenters. The van der Waals surface area contributed by atoms with E-state index >= 15 is 0 Å². The van der Waals surface area contributed by atoms with E-state index in [1.165, 1.54) is 16.4 Å². The van der Waals surface area contributed by atoms with Crippen molar-refractivity contribution in [1.82, 2.24) is 14.1 Å². The number of benzene rings is 2. The second-order valence-electron chi connectivity index (χ2n) is 8.16. The van der Waals surface area contributed by atoms with Gasteiger partial charge >= 0.3 is 0 Å². The van der Waals surface area contributed by atoms with E-state index in [-0.39, 0.29) is 23.2 Å². The predicted octanol–water partition coefficient (Wildman–Crippen LogP) is 3.35. The van der Waals surface area contributed by atoms with E-state index in [9.17, 15) is 17.6 Å². The van der Waals surface area contributed by atoms with Gasteiger partial charge in [-0.25, -0.2) is 17.5 Å². The average molecular weight is 486 g/mol. The first-order valence-electron chi connectivity index (χ1n) is 11.2. The molecule has 0 fully saturated rings. The van der Waals surface area contributed by atoms with E-state index in [2.05, 4.69) is 10.4 Å². The first-order valence-corrected chi connectivity index (χ1v) is 12.7. The van der Waals surface area contributed by atoms with Crippen LogP contribution < -0.4 is 10.2 Å². The second kappa shape index (κ2) is 9.55. The minimum atomic E-state index is -3.53.